The second-order valence-corrected chi connectivity index (χ2v) is 9.98. The number of carbonyl (C=O) groups excluding carboxylic acids is 1. The Morgan fingerprint density at radius 3 is 2.67 bits per heavy atom. The number of halogens is 2. The van der Waals surface area contributed by atoms with Gasteiger partial charge in [0.1, 0.15) is 5.82 Å². The first-order valence-corrected chi connectivity index (χ1v) is 13.1. The number of hydrogen-bond donors (Lipinski definition) is 1. The summed E-state index contributed by atoms with van der Waals surface area (Å²) < 4.78 is 7.38. The number of amides is 1. The van der Waals surface area contributed by atoms with E-state index in [1.165, 1.54) is 23.0 Å². The molecule has 0 spiro atoms. The van der Waals surface area contributed by atoms with Crippen LogP contribution in [0.4, 0.5) is 11.4 Å². The van der Waals surface area contributed by atoms with Crippen LogP contribution in [0.1, 0.15) is 37.6 Å². The van der Waals surface area contributed by atoms with Crippen LogP contribution in [0.2, 0.25) is 5.02 Å². The number of anilines is 1. The molecule has 10 nitrogen and oxygen atoms in total. The predicted octanol–water partition coefficient (Wildman–Crippen LogP) is 6.13. The molecule has 1 amide bonds. The second kappa shape index (κ2) is 12.2. The smallest absolute Gasteiger partial charge is 0.311 e. The molecular formula is C27H23BrClN5O5. The van der Waals surface area contributed by atoms with Crippen molar-refractivity contribution in [1.82, 2.24) is 9.66 Å². The monoisotopic (exact) mass is 611 g/mol. The molecule has 0 saturated heterocycles. The number of carbonyl (C=O) groups is 1. The molecule has 0 bridgehead atoms. The summed E-state index contributed by atoms with van der Waals surface area (Å²) in [5.41, 5.74) is 0.720. The molecule has 0 aliphatic rings. The van der Waals surface area contributed by atoms with Crippen molar-refractivity contribution in [3.8, 4) is 5.75 Å². The molecule has 0 unspecified atom stereocenters. The van der Waals surface area contributed by atoms with Crippen LogP contribution in [0.3, 0.4) is 0 Å². The van der Waals surface area contributed by atoms with Crippen molar-refractivity contribution < 1.29 is 14.5 Å². The number of hydrogen-bond acceptors (Lipinski definition) is 7. The van der Waals surface area contributed by atoms with E-state index in [1.807, 2.05) is 19.9 Å². The highest BCUT2D eigenvalue weighted by Crippen LogP contribution is 2.28. The molecular weight excluding hydrogens is 590 g/mol. The van der Waals surface area contributed by atoms with Crippen molar-refractivity contribution >= 4 is 61.9 Å². The minimum atomic E-state index is -0.615. The fraction of sp³-hybridized carbons (Fsp3) is 0.185. The molecule has 0 aliphatic heterocycles. The number of rotatable bonds is 9. The minimum Gasteiger partial charge on any atom is -0.477 e. The first kappa shape index (κ1) is 27.9. The third kappa shape index (κ3) is 6.68. The van der Waals surface area contributed by atoms with Gasteiger partial charge >= 0.3 is 5.69 Å². The maximum atomic E-state index is 13.3. The normalized spacial score (nSPS) is 12.0. The van der Waals surface area contributed by atoms with Crippen LogP contribution in [-0.2, 0) is 4.79 Å². The average molecular weight is 613 g/mol. The van der Waals surface area contributed by atoms with E-state index < -0.39 is 17.4 Å². The Morgan fingerprint density at radius 2 is 1.97 bits per heavy atom. The van der Waals surface area contributed by atoms with E-state index in [-0.39, 0.29) is 22.9 Å². The molecule has 0 saturated carbocycles. The molecule has 200 valence electrons. The lowest BCUT2D eigenvalue weighted by Crippen LogP contribution is -2.23. The lowest BCUT2D eigenvalue weighted by Gasteiger charge is -2.14. The van der Waals surface area contributed by atoms with Gasteiger partial charge in [0, 0.05) is 32.7 Å². The van der Waals surface area contributed by atoms with E-state index in [9.17, 15) is 19.7 Å². The van der Waals surface area contributed by atoms with Crippen LogP contribution < -0.4 is 15.6 Å². The molecule has 0 aliphatic carbocycles. The quantitative estimate of drug-likeness (QED) is 0.137. The van der Waals surface area contributed by atoms with Crippen LogP contribution >= 0.6 is 27.5 Å². The van der Waals surface area contributed by atoms with Gasteiger partial charge < -0.3 is 10.1 Å². The molecule has 1 heterocycles. The number of nitro groups is 1. The third-order valence-electron chi connectivity index (χ3n) is 5.88. The van der Waals surface area contributed by atoms with Gasteiger partial charge in [0.25, 0.3) is 11.5 Å². The van der Waals surface area contributed by atoms with Crippen molar-refractivity contribution in [2.45, 2.75) is 26.2 Å². The molecule has 1 N–H and O–H groups in total. The van der Waals surface area contributed by atoms with E-state index in [0.717, 1.165) is 10.9 Å². The number of nitrogens with zero attached hydrogens (tertiary/aromatic N) is 4. The molecule has 4 aromatic rings. The van der Waals surface area contributed by atoms with Crippen molar-refractivity contribution in [2.24, 2.45) is 5.10 Å². The van der Waals surface area contributed by atoms with Crippen LogP contribution in [0.25, 0.3) is 10.9 Å². The lowest BCUT2D eigenvalue weighted by molar-refractivity contribution is -0.385. The zero-order valence-electron chi connectivity index (χ0n) is 20.9. The van der Waals surface area contributed by atoms with Gasteiger partial charge in [-0.15, -0.1) is 0 Å². The van der Waals surface area contributed by atoms with E-state index in [0.29, 0.717) is 33.0 Å². The summed E-state index contributed by atoms with van der Waals surface area (Å²) >= 11 is 9.22. The number of nitrogens with one attached hydrogen (secondary N) is 1. The molecule has 1 atom stereocenters. The van der Waals surface area contributed by atoms with Crippen molar-refractivity contribution in [2.75, 3.05) is 11.9 Å². The first-order valence-electron chi connectivity index (χ1n) is 11.9. The van der Waals surface area contributed by atoms with Crippen LogP contribution in [0.5, 0.6) is 5.75 Å². The predicted molar refractivity (Wildman–Crippen MR) is 154 cm³/mol. The molecule has 0 fully saturated rings. The van der Waals surface area contributed by atoms with E-state index >= 15 is 0 Å². The number of aromatic nitrogens is 2. The number of ether oxygens (including phenoxy) is 1. The Hall–Kier alpha value is -4.09. The fourth-order valence-electron chi connectivity index (χ4n) is 3.66. The number of benzene rings is 3. The summed E-state index contributed by atoms with van der Waals surface area (Å²) in [6.45, 7) is 3.48. The summed E-state index contributed by atoms with van der Waals surface area (Å²) in [6, 6.07) is 15.9. The summed E-state index contributed by atoms with van der Waals surface area (Å²) in [4.78, 5) is 41.3. The first-order chi connectivity index (χ1) is 18.7. The Kier molecular flexibility index (Phi) is 8.72. The highest BCUT2D eigenvalue weighted by molar-refractivity contribution is 9.10. The molecule has 12 heteroatoms. The van der Waals surface area contributed by atoms with Gasteiger partial charge in [-0.3, -0.25) is 19.7 Å². The molecule has 4 rings (SSSR count). The second-order valence-electron chi connectivity index (χ2n) is 8.63. The standard InChI is InChI=1S/C27H23BrClN5O5/c1-3-16(2)26-32-22-10-5-18(28)13-21(22)27(36)33(26)30-14-17-4-11-24(23(12-17)34(37)38)39-15-25(35)31-20-8-6-19(29)7-9-20/h4-14,16H,3,15H2,1-2H3,(H,31,35)/t16-/m0/s1. The molecule has 0 radical (unpaired) electrons. The largest absolute Gasteiger partial charge is 0.477 e. The SMILES string of the molecule is CC[C@H](C)c1nc2ccc(Br)cc2c(=O)n1N=Cc1ccc(OCC(=O)Nc2ccc(Cl)cc2)c([N+](=O)[O-])c1. The Morgan fingerprint density at radius 1 is 1.23 bits per heavy atom. The van der Waals surface area contributed by atoms with Gasteiger partial charge in [0.05, 0.1) is 22.0 Å². The van der Waals surface area contributed by atoms with Crippen molar-refractivity contribution in [3.05, 3.63) is 102 Å². The van der Waals surface area contributed by atoms with Crippen LogP contribution in [0.15, 0.2) is 75.0 Å². The summed E-state index contributed by atoms with van der Waals surface area (Å²) in [7, 11) is 0. The van der Waals surface area contributed by atoms with Crippen molar-refractivity contribution in [3.63, 3.8) is 0 Å². The Bertz CT molecular complexity index is 1640. The Balaban J connectivity index is 1.59. The zero-order valence-corrected chi connectivity index (χ0v) is 23.3. The zero-order chi connectivity index (χ0) is 28.1. The van der Waals surface area contributed by atoms with Gasteiger partial charge in [0.2, 0.25) is 0 Å². The van der Waals surface area contributed by atoms with Gasteiger partial charge in [-0.2, -0.15) is 9.78 Å². The van der Waals surface area contributed by atoms with Gasteiger partial charge in [-0.05, 0) is 61.0 Å². The van der Waals surface area contributed by atoms with E-state index in [1.54, 1.807) is 42.5 Å². The topological polar surface area (TPSA) is 129 Å². The summed E-state index contributed by atoms with van der Waals surface area (Å²) in [5, 5.41) is 19.6. The molecule has 39 heavy (non-hydrogen) atoms. The molecule has 1 aromatic heterocycles. The maximum absolute atomic E-state index is 13.3. The molecule has 3 aromatic carbocycles. The van der Waals surface area contributed by atoms with E-state index in [2.05, 4.69) is 31.3 Å². The van der Waals surface area contributed by atoms with Gasteiger partial charge in [-0.25, -0.2) is 4.98 Å². The lowest BCUT2D eigenvalue weighted by atomic mass is 10.1. The van der Waals surface area contributed by atoms with Crippen LogP contribution in [0, 0.1) is 10.1 Å². The third-order valence-corrected chi connectivity index (χ3v) is 6.62. The Labute approximate surface area is 236 Å². The van der Waals surface area contributed by atoms with Gasteiger partial charge in [-0.1, -0.05) is 41.4 Å². The van der Waals surface area contributed by atoms with Gasteiger partial charge in [0.15, 0.2) is 12.4 Å². The summed E-state index contributed by atoms with van der Waals surface area (Å²) in [6.07, 6.45) is 2.08. The highest BCUT2D eigenvalue weighted by Gasteiger charge is 2.18. The van der Waals surface area contributed by atoms with Crippen molar-refractivity contribution in [1.29, 1.82) is 0 Å². The number of nitro benzene ring substituents is 1. The fourth-order valence-corrected chi connectivity index (χ4v) is 4.14. The van der Waals surface area contributed by atoms with Crippen LogP contribution in [-0.4, -0.2) is 33.3 Å². The number of fused-ring (bicyclic) bond motifs is 1. The van der Waals surface area contributed by atoms with E-state index in [4.69, 9.17) is 16.3 Å². The summed E-state index contributed by atoms with van der Waals surface area (Å²) in [5.74, 6) is -0.163. The minimum absolute atomic E-state index is 0.0629. The highest BCUT2D eigenvalue weighted by atomic mass is 79.9. The average Bonchev–Trinajstić information content (AvgIpc) is 2.92. The maximum Gasteiger partial charge on any atom is 0.311 e.